The number of hydrogen-bond donors (Lipinski definition) is 1. The Morgan fingerprint density at radius 2 is 1.62 bits per heavy atom. The summed E-state index contributed by atoms with van der Waals surface area (Å²) in [5, 5.41) is 2.84. The van der Waals surface area contributed by atoms with Gasteiger partial charge in [-0.05, 0) is 37.1 Å². The van der Waals surface area contributed by atoms with Gasteiger partial charge in [-0.2, -0.15) is 0 Å². The molecule has 0 spiro atoms. The molecule has 24 heavy (non-hydrogen) atoms. The summed E-state index contributed by atoms with van der Waals surface area (Å²) in [4.78, 5) is 14.6. The number of likely N-dealkylation sites (tertiary alicyclic amines) is 1. The molecule has 1 aliphatic heterocycles. The summed E-state index contributed by atoms with van der Waals surface area (Å²) in [6.07, 6.45) is 1.84. The van der Waals surface area contributed by atoms with Gasteiger partial charge < -0.3 is 10.1 Å². The highest BCUT2D eigenvalue weighted by atomic mass is 16.6. The molecule has 4 nitrogen and oxygen atoms in total. The normalized spacial score (nSPS) is 15.8. The average molecular weight is 324 g/mol. The number of ether oxygens (including phenoxy) is 1. The zero-order valence-electron chi connectivity index (χ0n) is 13.9. The van der Waals surface area contributed by atoms with Gasteiger partial charge in [0.15, 0.2) is 0 Å². The molecule has 0 saturated carbocycles. The first-order chi connectivity index (χ1) is 11.8. The third kappa shape index (κ3) is 4.83. The lowest BCUT2D eigenvalue weighted by molar-refractivity contribution is 0.0749. The molecule has 2 aromatic rings. The Kier molecular flexibility index (Phi) is 5.85. The molecular formula is C20H24N2O2. The number of alkyl carbamates (subject to hydrolysis) is 1. The summed E-state index contributed by atoms with van der Waals surface area (Å²) >= 11 is 0. The maximum atomic E-state index is 12.2. The molecule has 0 bridgehead atoms. The minimum absolute atomic E-state index is 0.236. The molecule has 1 N–H and O–H groups in total. The van der Waals surface area contributed by atoms with Gasteiger partial charge in [0.05, 0.1) is 0 Å². The molecule has 1 heterocycles. The van der Waals surface area contributed by atoms with Crippen molar-refractivity contribution in [2.24, 2.45) is 0 Å². The fourth-order valence-corrected chi connectivity index (χ4v) is 3.02. The first-order valence-electron chi connectivity index (χ1n) is 8.57. The summed E-state index contributed by atoms with van der Waals surface area (Å²) in [5.74, 6) is 0. The van der Waals surface area contributed by atoms with Gasteiger partial charge in [0.1, 0.15) is 6.10 Å². The van der Waals surface area contributed by atoms with Crippen LogP contribution in [0.5, 0.6) is 0 Å². The van der Waals surface area contributed by atoms with E-state index in [1.807, 2.05) is 60.7 Å². The van der Waals surface area contributed by atoms with Crippen molar-refractivity contribution in [3.05, 3.63) is 71.8 Å². The smallest absolute Gasteiger partial charge is 0.408 e. The van der Waals surface area contributed by atoms with Crippen molar-refractivity contribution in [3.63, 3.8) is 0 Å². The SMILES string of the molecule is O=C(NCc1ccccc1)O[C@H](CN1CCCC1)c1ccccc1. The van der Waals surface area contributed by atoms with Gasteiger partial charge in [0.25, 0.3) is 0 Å². The van der Waals surface area contributed by atoms with Crippen LogP contribution in [0.1, 0.15) is 30.1 Å². The predicted molar refractivity (Wildman–Crippen MR) is 94.6 cm³/mol. The van der Waals surface area contributed by atoms with E-state index >= 15 is 0 Å². The van der Waals surface area contributed by atoms with E-state index in [0.29, 0.717) is 6.54 Å². The molecule has 0 aromatic heterocycles. The summed E-state index contributed by atoms with van der Waals surface area (Å²) in [6.45, 7) is 3.39. The van der Waals surface area contributed by atoms with Crippen LogP contribution in [0.4, 0.5) is 4.79 Å². The summed E-state index contributed by atoms with van der Waals surface area (Å²) in [6, 6.07) is 19.8. The number of amides is 1. The molecule has 1 fully saturated rings. The molecule has 0 unspecified atom stereocenters. The first kappa shape index (κ1) is 16.5. The van der Waals surface area contributed by atoms with E-state index in [9.17, 15) is 4.79 Å². The lowest BCUT2D eigenvalue weighted by Gasteiger charge is -2.24. The zero-order valence-corrected chi connectivity index (χ0v) is 13.9. The van der Waals surface area contributed by atoms with E-state index in [0.717, 1.165) is 30.8 Å². The standard InChI is InChI=1S/C20H24N2O2/c23-20(21-15-17-9-3-1-4-10-17)24-19(16-22-13-7-8-14-22)18-11-5-2-6-12-18/h1-6,9-12,19H,7-8,13-16H2,(H,21,23)/t19-/m1/s1. The summed E-state index contributed by atoms with van der Waals surface area (Å²) in [7, 11) is 0. The van der Waals surface area contributed by atoms with Crippen molar-refractivity contribution in [1.29, 1.82) is 0 Å². The van der Waals surface area contributed by atoms with Gasteiger partial charge in [-0.1, -0.05) is 60.7 Å². The Morgan fingerprint density at radius 1 is 1.00 bits per heavy atom. The van der Waals surface area contributed by atoms with Crippen molar-refractivity contribution in [2.45, 2.75) is 25.5 Å². The van der Waals surface area contributed by atoms with Gasteiger partial charge in [-0.3, -0.25) is 4.90 Å². The Hall–Kier alpha value is -2.33. The van der Waals surface area contributed by atoms with Crippen molar-refractivity contribution in [3.8, 4) is 0 Å². The second-order valence-corrected chi connectivity index (χ2v) is 6.15. The fourth-order valence-electron chi connectivity index (χ4n) is 3.02. The number of rotatable bonds is 6. The number of benzene rings is 2. The third-order valence-electron chi connectivity index (χ3n) is 4.32. The number of carbonyl (C=O) groups excluding carboxylic acids is 1. The van der Waals surface area contributed by atoms with Crippen LogP contribution in [0.3, 0.4) is 0 Å². The Bertz CT molecular complexity index is 625. The number of carbonyl (C=O) groups is 1. The summed E-state index contributed by atoms with van der Waals surface area (Å²) < 4.78 is 5.73. The topological polar surface area (TPSA) is 41.6 Å². The zero-order chi connectivity index (χ0) is 16.6. The number of nitrogens with zero attached hydrogens (tertiary/aromatic N) is 1. The maximum Gasteiger partial charge on any atom is 0.408 e. The highest BCUT2D eigenvalue weighted by Gasteiger charge is 2.22. The highest BCUT2D eigenvalue weighted by Crippen LogP contribution is 2.21. The van der Waals surface area contributed by atoms with Crippen LogP contribution in [0.25, 0.3) is 0 Å². The van der Waals surface area contributed by atoms with E-state index in [4.69, 9.17) is 4.74 Å². The Morgan fingerprint density at radius 3 is 2.29 bits per heavy atom. The largest absolute Gasteiger partial charge is 0.440 e. The van der Waals surface area contributed by atoms with Gasteiger partial charge >= 0.3 is 6.09 Å². The molecule has 3 rings (SSSR count). The quantitative estimate of drug-likeness (QED) is 0.880. The van der Waals surface area contributed by atoms with Crippen molar-refractivity contribution in [1.82, 2.24) is 10.2 Å². The first-order valence-corrected chi connectivity index (χ1v) is 8.57. The van der Waals surface area contributed by atoms with Crippen molar-refractivity contribution in [2.75, 3.05) is 19.6 Å². The molecule has 126 valence electrons. The molecule has 1 atom stereocenters. The molecule has 2 aromatic carbocycles. The van der Waals surface area contributed by atoms with Crippen LogP contribution in [-0.4, -0.2) is 30.6 Å². The van der Waals surface area contributed by atoms with Crippen LogP contribution in [0, 0.1) is 0 Å². The van der Waals surface area contributed by atoms with E-state index in [1.54, 1.807) is 0 Å². The highest BCUT2D eigenvalue weighted by molar-refractivity contribution is 5.67. The second-order valence-electron chi connectivity index (χ2n) is 6.15. The minimum atomic E-state index is -0.369. The van der Waals surface area contributed by atoms with Crippen molar-refractivity contribution >= 4 is 6.09 Å². The lowest BCUT2D eigenvalue weighted by atomic mass is 10.1. The minimum Gasteiger partial charge on any atom is -0.440 e. The molecule has 0 radical (unpaired) electrons. The summed E-state index contributed by atoms with van der Waals surface area (Å²) in [5.41, 5.74) is 2.10. The Balaban J connectivity index is 1.59. The number of nitrogens with one attached hydrogen (secondary N) is 1. The molecule has 4 heteroatoms. The van der Waals surface area contributed by atoms with Crippen LogP contribution in [-0.2, 0) is 11.3 Å². The van der Waals surface area contributed by atoms with E-state index in [2.05, 4.69) is 10.2 Å². The van der Waals surface area contributed by atoms with E-state index < -0.39 is 0 Å². The average Bonchev–Trinajstić information content (AvgIpc) is 3.14. The maximum absolute atomic E-state index is 12.2. The third-order valence-corrected chi connectivity index (χ3v) is 4.32. The van der Waals surface area contributed by atoms with Crippen LogP contribution in [0.15, 0.2) is 60.7 Å². The van der Waals surface area contributed by atoms with Gasteiger partial charge in [-0.25, -0.2) is 4.79 Å². The van der Waals surface area contributed by atoms with Crippen molar-refractivity contribution < 1.29 is 9.53 Å². The fraction of sp³-hybridized carbons (Fsp3) is 0.350. The molecular weight excluding hydrogens is 300 g/mol. The monoisotopic (exact) mass is 324 g/mol. The van der Waals surface area contributed by atoms with E-state index in [-0.39, 0.29) is 12.2 Å². The molecule has 0 aliphatic carbocycles. The van der Waals surface area contributed by atoms with Crippen LogP contribution < -0.4 is 5.32 Å². The van der Waals surface area contributed by atoms with Gasteiger partial charge in [0, 0.05) is 13.1 Å². The van der Waals surface area contributed by atoms with Gasteiger partial charge in [0.2, 0.25) is 0 Å². The molecule has 1 amide bonds. The van der Waals surface area contributed by atoms with E-state index in [1.165, 1.54) is 12.8 Å². The Labute approximate surface area is 143 Å². The number of hydrogen-bond acceptors (Lipinski definition) is 3. The molecule has 1 aliphatic rings. The second kappa shape index (κ2) is 8.50. The van der Waals surface area contributed by atoms with Gasteiger partial charge in [-0.15, -0.1) is 0 Å². The molecule has 1 saturated heterocycles. The lowest BCUT2D eigenvalue weighted by Crippen LogP contribution is -2.32. The predicted octanol–water partition coefficient (Wildman–Crippen LogP) is 3.75. The van der Waals surface area contributed by atoms with Crippen LogP contribution >= 0.6 is 0 Å². The van der Waals surface area contributed by atoms with Crippen LogP contribution in [0.2, 0.25) is 0 Å².